The fourth-order valence-electron chi connectivity index (χ4n) is 2.91. The topological polar surface area (TPSA) is 117 Å². The number of nitrogens with zero attached hydrogens (tertiary/aromatic N) is 3. The van der Waals surface area contributed by atoms with Crippen molar-refractivity contribution in [1.29, 1.82) is 0 Å². The van der Waals surface area contributed by atoms with Gasteiger partial charge in [-0.3, -0.25) is 24.6 Å². The number of imide groups is 1. The maximum Gasteiger partial charge on any atom is 0.275 e. The number of amides is 3. The van der Waals surface area contributed by atoms with Crippen molar-refractivity contribution in [3.05, 3.63) is 42.1 Å². The van der Waals surface area contributed by atoms with Gasteiger partial charge in [-0.15, -0.1) is 0 Å². The number of rotatable bonds is 9. The Morgan fingerprint density at radius 3 is 2.70 bits per heavy atom. The fourth-order valence-corrected chi connectivity index (χ4v) is 2.91. The molecular weight excluding hydrogens is 348 g/mol. The first-order valence-electron chi connectivity index (χ1n) is 8.87. The van der Waals surface area contributed by atoms with Crippen LogP contribution in [0.15, 0.2) is 36.5 Å². The smallest absolute Gasteiger partial charge is 0.275 e. The summed E-state index contributed by atoms with van der Waals surface area (Å²) in [5.74, 6) is 3.76. The molecule has 8 nitrogen and oxygen atoms in total. The van der Waals surface area contributed by atoms with Crippen molar-refractivity contribution in [1.82, 2.24) is 15.1 Å². The summed E-state index contributed by atoms with van der Waals surface area (Å²) in [6, 6.07) is 8.57. The van der Waals surface area contributed by atoms with Crippen LogP contribution < -0.4 is 5.84 Å². The first-order chi connectivity index (χ1) is 13.0. The molecule has 0 spiro atoms. The third-order valence-corrected chi connectivity index (χ3v) is 4.37. The van der Waals surface area contributed by atoms with Crippen molar-refractivity contribution in [2.45, 2.75) is 32.6 Å². The van der Waals surface area contributed by atoms with Crippen LogP contribution in [0.3, 0.4) is 0 Å². The summed E-state index contributed by atoms with van der Waals surface area (Å²) in [6.45, 7) is 1.80. The molecule has 1 atom stereocenters. The van der Waals surface area contributed by atoms with Crippen LogP contribution in [0.2, 0.25) is 0 Å². The summed E-state index contributed by atoms with van der Waals surface area (Å²) >= 11 is 0. The molecule has 0 aliphatic rings. The number of pyridine rings is 1. The number of para-hydroxylation sites is 1. The van der Waals surface area contributed by atoms with Crippen molar-refractivity contribution in [3.8, 4) is 0 Å². The highest BCUT2D eigenvalue weighted by Crippen LogP contribution is 2.19. The second-order valence-corrected chi connectivity index (χ2v) is 6.31. The van der Waals surface area contributed by atoms with Crippen LogP contribution in [0.25, 0.3) is 10.9 Å². The number of hydrogen-bond acceptors (Lipinski definition) is 6. The minimum atomic E-state index is -0.770. The first-order valence-corrected chi connectivity index (χ1v) is 8.87. The molecule has 27 heavy (non-hydrogen) atoms. The molecule has 0 saturated carbocycles. The van der Waals surface area contributed by atoms with Crippen LogP contribution in [0.1, 0.15) is 43.0 Å². The van der Waals surface area contributed by atoms with Crippen LogP contribution in [0.5, 0.6) is 0 Å². The van der Waals surface area contributed by atoms with Gasteiger partial charge in [-0.1, -0.05) is 44.4 Å². The number of nitrogens with two attached hydrogens (primary N) is 1. The Hall–Kier alpha value is -2.84. The van der Waals surface area contributed by atoms with Crippen LogP contribution in [-0.4, -0.2) is 45.0 Å². The van der Waals surface area contributed by atoms with E-state index in [-0.39, 0.29) is 18.5 Å². The number of hydrogen-bond donors (Lipinski definition) is 2. The van der Waals surface area contributed by atoms with Crippen molar-refractivity contribution in [2.24, 2.45) is 11.8 Å². The van der Waals surface area contributed by atoms with Gasteiger partial charge in [0.2, 0.25) is 12.3 Å². The highest BCUT2D eigenvalue weighted by Gasteiger charge is 2.29. The van der Waals surface area contributed by atoms with Gasteiger partial charge in [-0.25, -0.2) is 15.9 Å². The third-order valence-electron chi connectivity index (χ3n) is 4.37. The van der Waals surface area contributed by atoms with Gasteiger partial charge >= 0.3 is 0 Å². The molecule has 8 heteroatoms. The summed E-state index contributed by atoms with van der Waals surface area (Å²) in [5, 5.41) is 11.0. The van der Waals surface area contributed by atoms with Gasteiger partial charge in [-0.2, -0.15) is 0 Å². The number of aromatic nitrogens is 1. The maximum absolute atomic E-state index is 12.8. The normalized spacial score (nSPS) is 11.8. The Balaban J connectivity index is 2.23. The second kappa shape index (κ2) is 9.75. The van der Waals surface area contributed by atoms with E-state index in [1.807, 2.05) is 6.92 Å². The van der Waals surface area contributed by atoms with E-state index in [1.165, 1.54) is 12.3 Å². The summed E-state index contributed by atoms with van der Waals surface area (Å²) in [7, 11) is 0. The molecule has 3 amide bonds. The summed E-state index contributed by atoms with van der Waals surface area (Å²) in [5.41, 5.74) is 0.881. The SMILES string of the molecule is CCCCC[C@H](CN(O)C=O)C(=O)N(N)C(=O)c1ccnc2ccccc12. The Bertz CT molecular complexity index is 806. The third kappa shape index (κ3) is 5.08. The lowest BCUT2D eigenvalue weighted by molar-refractivity contribution is -0.156. The molecule has 0 aliphatic carbocycles. The summed E-state index contributed by atoms with van der Waals surface area (Å²) < 4.78 is 0. The highest BCUT2D eigenvalue weighted by atomic mass is 16.5. The Labute approximate surface area is 157 Å². The van der Waals surface area contributed by atoms with E-state index in [0.717, 1.165) is 19.3 Å². The quantitative estimate of drug-likeness (QED) is 0.174. The molecule has 0 fully saturated rings. The number of carbonyl (C=O) groups is 3. The van der Waals surface area contributed by atoms with E-state index in [9.17, 15) is 19.6 Å². The van der Waals surface area contributed by atoms with E-state index in [0.29, 0.717) is 27.4 Å². The largest absolute Gasteiger partial charge is 0.286 e. The van der Waals surface area contributed by atoms with E-state index < -0.39 is 17.7 Å². The van der Waals surface area contributed by atoms with Gasteiger partial charge in [0.15, 0.2) is 0 Å². The number of hydroxylamine groups is 2. The Kier molecular flexibility index (Phi) is 7.39. The Morgan fingerprint density at radius 2 is 2.00 bits per heavy atom. The molecule has 1 aromatic heterocycles. The van der Waals surface area contributed by atoms with Crippen molar-refractivity contribution >= 4 is 29.1 Å². The van der Waals surface area contributed by atoms with E-state index in [2.05, 4.69) is 4.98 Å². The van der Waals surface area contributed by atoms with Gasteiger partial charge in [0.1, 0.15) is 0 Å². The molecule has 2 rings (SSSR count). The zero-order valence-corrected chi connectivity index (χ0v) is 15.2. The fraction of sp³-hybridized carbons (Fsp3) is 0.368. The van der Waals surface area contributed by atoms with E-state index >= 15 is 0 Å². The standard InChI is InChI=1S/C19H24N4O4/c1-2-3-4-7-14(12-22(27)13-24)18(25)23(20)19(26)16-10-11-21-17-9-6-5-8-15(16)17/h5-6,8-11,13-14,27H,2-4,7,12,20H2,1H3/t14-/m1/s1. The molecule has 1 aromatic carbocycles. The molecule has 2 aromatic rings. The highest BCUT2D eigenvalue weighted by molar-refractivity contribution is 6.11. The van der Waals surface area contributed by atoms with Crippen LogP contribution >= 0.6 is 0 Å². The van der Waals surface area contributed by atoms with Crippen LogP contribution in [-0.2, 0) is 9.59 Å². The molecule has 3 N–H and O–H groups in total. The first kappa shape index (κ1) is 20.5. The van der Waals surface area contributed by atoms with Crippen LogP contribution in [0, 0.1) is 5.92 Å². The van der Waals surface area contributed by atoms with Crippen molar-refractivity contribution in [2.75, 3.05) is 6.54 Å². The predicted molar refractivity (Wildman–Crippen MR) is 99.3 cm³/mol. The van der Waals surface area contributed by atoms with Gasteiger partial charge < -0.3 is 0 Å². The minimum absolute atomic E-state index is 0.218. The van der Waals surface area contributed by atoms with Crippen LogP contribution in [0.4, 0.5) is 0 Å². The lowest BCUT2D eigenvalue weighted by Crippen LogP contribution is -2.48. The molecule has 0 bridgehead atoms. The average molecular weight is 372 g/mol. The Morgan fingerprint density at radius 1 is 1.26 bits per heavy atom. The number of carbonyl (C=O) groups excluding carboxylic acids is 3. The monoisotopic (exact) mass is 372 g/mol. The van der Waals surface area contributed by atoms with Gasteiger partial charge in [-0.05, 0) is 18.6 Å². The van der Waals surface area contributed by atoms with Gasteiger partial charge in [0.05, 0.1) is 23.5 Å². The van der Waals surface area contributed by atoms with E-state index in [1.54, 1.807) is 24.3 Å². The summed E-state index contributed by atoms with van der Waals surface area (Å²) in [4.78, 5) is 40.4. The lowest BCUT2D eigenvalue weighted by atomic mass is 9.99. The van der Waals surface area contributed by atoms with Crippen molar-refractivity contribution in [3.63, 3.8) is 0 Å². The molecule has 144 valence electrons. The van der Waals surface area contributed by atoms with Crippen molar-refractivity contribution < 1.29 is 19.6 Å². The number of fused-ring (bicyclic) bond motifs is 1. The molecule has 0 unspecified atom stereocenters. The molecule has 0 aliphatic heterocycles. The zero-order valence-electron chi connectivity index (χ0n) is 15.2. The maximum atomic E-state index is 12.8. The lowest BCUT2D eigenvalue weighted by Gasteiger charge is -2.24. The summed E-state index contributed by atoms with van der Waals surface area (Å²) in [6.07, 6.45) is 4.68. The van der Waals surface area contributed by atoms with Gasteiger partial charge in [0, 0.05) is 11.6 Å². The molecule has 1 heterocycles. The van der Waals surface area contributed by atoms with Gasteiger partial charge in [0.25, 0.3) is 5.91 Å². The molecular formula is C19H24N4O4. The number of benzene rings is 1. The minimum Gasteiger partial charge on any atom is -0.286 e. The zero-order chi connectivity index (χ0) is 19.8. The molecule has 0 saturated heterocycles. The second-order valence-electron chi connectivity index (χ2n) is 6.31. The predicted octanol–water partition coefficient (Wildman–Crippen LogP) is 2.12. The molecule has 0 radical (unpaired) electrons. The van der Waals surface area contributed by atoms with E-state index in [4.69, 9.17) is 5.84 Å². The average Bonchev–Trinajstić information content (AvgIpc) is 2.70. The number of hydrazine groups is 1. The number of unbranched alkanes of at least 4 members (excludes halogenated alkanes) is 2.